The Morgan fingerprint density at radius 3 is 2.36 bits per heavy atom. The Morgan fingerprint density at radius 1 is 1.06 bits per heavy atom. The van der Waals surface area contributed by atoms with Crippen LogP contribution in [0, 0.1) is 0 Å². The van der Waals surface area contributed by atoms with Gasteiger partial charge in [-0.1, -0.05) is 48.9 Å². The summed E-state index contributed by atoms with van der Waals surface area (Å²) in [6, 6.07) is 15.3. The average Bonchev–Trinajstić information content (AvgIpc) is 2.75. The first kappa shape index (κ1) is 24.9. The summed E-state index contributed by atoms with van der Waals surface area (Å²) >= 11 is 6.03. The van der Waals surface area contributed by atoms with Crippen molar-refractivity contribution in [1.29, 1.82) is 0 Å². The summed E-state index contributed by atoms with van der Waals surface area (Å²) in [4.78, 5) is 27.6. The van der Waals surface area contributed by atoms with Crippen LogP contribution in [0.3, 0.4) is 0 Å². The molecule has 2 aromatic carbocycles. The zero-order valence-corrected chi connectivity index (χ0v) is 20.7. The highest BCUT2D eigenvalue weighted by molar-refractivity contribution is 6.30. The lowest BCUT2D eigenvalue weighted by atomic mass is 10.0. The van der Waals surface area contributed by atoms with Gasteiger partial charge in [-0.3, -0.25) is 14.5 Å². The lowest BCUT2D eigenvalue weighted by molar-refractivity contribution is -0.123. The molecule has 0 fully saturated rings. The van der Waals surface area contributed by atoms with Gasteiger partial charge in [0.15, 0.2) is 0 Å². The van der Waals surface area contributed by atoms with Crippen LogP contribution in [0.5, 0.6) is 0 Å². The van der Waals surface area contributed by atoms with Gasteiger partial charge >= 0.3 is 0 Å². The van der Waals surface area contributed by atoms with Crippen molar-refractivity contribution in [2.75, 3.05) is 19.6 Å². The number of hydrogen-bond acceptors (Lipinski definition) is 4. The zero-order chi connectivity index (χ0) is 24.0. The van der Waals surface area contributed by atoms with Crippen LogP contribution in [0.1, 0.15) is 45.4 Å². The monoisotopic (exact) mass is 468 g/mol. The predicted molar refractivity (Wildman–Crippen MR) is 135 cm³/mol. The van der Waals surface area contributed by atoms with Gasteiger partial charge in [0.1, 0.15) is 0 Å². The highest BCUT2D eigenvalue weighted by Gasteiger charge is 2.17. The summed E-state index contributed by atoms with van der Waals surface area (Å²) in [7, 11) is 0. The topological polar surface area (TPSA) is 67.2 Å². The maximum absolute atomic E-state index is 13.1. The molecule has 1 aromatic heterocycles. The van der Waals surface area contributed by atoms with Crippen molar-refractivity contribution in [2.24, 2.45) is 0 Å². The highest BCUT2D eigenvalue weighted by atomic mass is 35.5. The van der Waals surface area contributed by atoms with Crippen LogP contribution < -0.4 is 10.9 Å². The fourth-order valence-corrected chi connectivity index (χ4v) is 3.99. The van der Waals surface area contributed by atoms with Crippen molar-refractivity contribution in [1.82, 2.24) is 20.0 Å². The summed E-state index contributed by atoms with van der Waals surface area (Å²) in [5, 5.41) is 9.95. The maximum atomic E-state index is 13.1. The number of benzene rings is 2. The number of amides is 1. The number of carbonyl (C=O) groups excluding carboxylic acids is 1. The summed E-state index contributed by atoms with van der Waals surface area (Å²) in [5.74, 6) is -0.0156. The first-order chi connectivity index (χ1) is 15.7. The molecule has 0 aliphatic heterocycles. The van der Waals surface area contributed by atoms with E-state index in [1.54, 1.807) is 0 Å². The molecule has 176 valence electrons. The smallest absolute Gasteiger partial charge is 0.274 e. The first-order valence-corrected chi connectivity index (χ1v) is 11.8. The lowest BCUT2D eigenvalue weighted by Gasteiger charge is -2.25. The molecule has 0 saturated carbocycles. The minimum absolute atomic E-state index is 0.0156. The zero-order valence-electron chi connectivity index (χ0n) is 19.9. The molecule has 1 N–H and O–H groups in total. The van der Waals surface area contributed by atoms with Gasteiger partial charge in [-0.05, 0) is 57.5 Å². The summed E-state index contributed by atoms with van der Waals surface area (Å²) < 4.78 is 1.54. The minimum Gasteiger partial charge on any atom is -0.350 e. The predicted octanol–water partition coefficient (Wildman–Crippen LogP) is 4.27. The molecule has 0 aliphatic carbocycles. The summed E-state index contributed by atoms with van der Waals surface area (Å²) in [5.41, 5.74) is 1.54. The third kappa shape index (κ3) is 7.14. The van der Waals surface area contributed by atoms with Gasteiger partial charge in [-0.15, -0.1) is 0 Å². The number of rotatable bonds is 9. The Balaban J connectivity index is 1.84. The van der Waals surface area contributed by atoms with Crippen LogP contribution in [-0.2, 0) is 17.8 Å². The minimum atomic E-state index is -0.275. The Labute approximate surface area is 200 Å². The molecule has 0 spiro atoms. The molecule has 0 atom stereocenters. The van der Waals surface area contributed by atoms with E-state index in [0.717, 1.165) is 29.6 Å². The molecular weight excluding hydrogens is 436 g/mol. The van der Waals surface area contributed by atoms with E-state index in [1.807, 2.05) is 69.3 Å². The molecule has 33 heavy (non-hydrogen) atoms. The second-order valence-corrected chi connectivity index (χ2v) is 9.83. The third-order valence-corrected chi connectivity index (χ3v) is 5.53. The molecule has 1 amide bonds. The quantitative estimate of drug-likeness (QED) is 0.509. The Morgan fingerprint density at radius 2 is 1.73 bits per heavy atom. The van der Waals surface area contributed by atoms with Crippen molar-refractivity contribution < 1.29 is 4.79 Å². The molecule has 7 heteroatoms. The van der Waals surface area contributed by atoms with Gasteiger partial charge in [0.05, 0.1) is 24.2 Å². The maximum Gasteiger partial charge on any atom is 0.274 e. The molecule has 0 aliphatic rings. The van der Waals surface area contributed by atoms with Crippen molar-refractivity contribution in [3.63, 3.8) is 0 Å². The molecule has 0 radical (unpaired) electrons. The SMILES string of the molecule is CCCN(CCn1nc(Cc2ccc(Cl)cc2)c2ccccc2c1=O)CC(=O)NC(C)(C)C. The largest absolute Gasteiger partial charge is 0.350 e. The van der Waals surface area contributed by atoms with Gasteiger partial charge in [-0.2, -0.15) is 5.10 Å². The molecule has 6 nitrogen and oxygen atoms in total. The van der Waals surface area contributed by atoms with Crippen LogP contribution in [0.4, 0.5) is 0 Å². The fourth-order valence-electron chi connectivity index (χ4n) is 3.87. The van der Waals surface area contributed by atoms with E-state index in [9.17, 15) is 9.59 Å². The third-order valence-electron chi connectivity index (χ3n) is 5.28. The van der Waals surface area contributed by atoms with Crippen LogP contribution in [-0.4, -0.2) is 45.8 Å². The van der Waals surface area contributed by atoms with Crippen molar-refractivity contribution in [3.05, 3.63) is 75.2 Å². The van der Waals surface area contributed by atoms with E-state index >= 15 is 0 Å². The molecule has 3 aromatic rings. The molecule has 3 rings (SSSR count). The van der Waals surface area contributed by atoms with E-state index in [1.165, 1.54) is 4.68 Å². The van der Waals surface area contributed by atoms with Crippen molar-refractivity contribution in [2.45, 2.75) is 52.6 Å². The standard InChI is InChI=1S/C26H33ClN4O2/c1-5-14-30(18-24(32)28-26(2,3)4)15-16-31-25(33)22-9-7-6-8-21(22)23(29-31)17-19-10-12-20(27)13-11-19/h6-13H,5,14-18H2,1-4H3,(H,28,32). The summed E-state index contributed by atoms with van der Waals surface area (Å²) in [6.07, 6.45) is 1.52. The Kier molecular flexibility index (Phi) is 8.27. The van der Waals surface area contributed by atoms with E-state index in [-0.39, 0.29) is 17.0 Å². The van der Waals surface area contributed by atoms with E-state index in [4.69, 9.17) is 16.7 Å². The van der Waals surface area contributed by atoms with Crippen LogP contribution >= 0.6 is 11.6 Å². The Bertz CT molecular complexity index is 1150. The molecule has 0 saturated heterocycles. The van der Waals surface area contributed by atoms with Gasteiger partial charge in [0.25, 0.3) is 5.56 Å². The van der Waals surface area contributed by atoms with Crippen molar-refractivity contribution in [3.8, 4) is 0 Å². The lowest BCUT2D eigenvalue weighted by Crippen LogP contribution is -2.47. The fraction of sp³-hybridized carbons (Fsp3) is 0.423. The van der Waals surface area contributed by atoms with Crippen LogP contribution in [0.2, 0.25) is 5.02 Å². The second-order valence-electron chi connectivity index (χ2n) is 9.40. The Hall–Kier alpha value is -2.70. The van der Waals surface area contributed by atoms with E-state index < -0.39 is 0 Å². The molecule has 0 unspecified atom stereocenters. The molecule has 1 heterocycles. The first-order valence-electron chi connectivity index (χ1n) is 11.4. The summed E-state index contributed by atoms with van der Waals surface area (Å²) in [6.45, 7) is 10.0. The number of hydrogen-bond donors (Lipinski definition) is 1. The van der Waals surface area contributed by atoms with E-state index in [2.05, 4.69) is 17.1 Å². The molecular formula is C26H33ClN4O2. The number of fused-ring (bicyclic) bond motifs is 1. The van der Waals surface area contributed by atoms with Crippen LogP contribution in [0.15, 0.2) is 53.3 Å². The van der Waals surface area contributed by atoms with Gasteiger partial charge in [0.2, 0.25) is 5.91 Å². The second kappa shape index (κ2) is 10.9. The number of nitrogens with zero attached hydrogens (tertiary/aromatic N) is 3. The van der Waals surface area contributed by atoms with Crippen molar-refractivity contribution >= 4 is 28.3 Å². The van der Waals surface area contributed by atoms with Gasteiger partial charge < -0.3 is 5.32 Å². The highest BCUT2D eigenvalue weighted by Crippen LogP contribution is 2.18. The van der Waals surface area contributed by atoms with Crippen LogP contribution in [0.25, 0.3) is 10.8 Å². The normalized spacial score (nSPS) is 11.8. The number of aromatic nitrogens is 2. The van der Waals surface area contributed by atoms with Gasteiger partial charge in [0, 0.05) is 28.9 Å². The van der Waals surface area contributed by atoms with Gasteiger partial charge in [-0.25, -0.2) is 4.68 Å². The number of carbonyl (C=O) groups is 1. The number of halogens is 1. The van der Waals surface area contributed by atoms with E-state index in [0.29, 0.717) is 36.5 Å². The molecule has 0 bridgehead atoms. The number of nitrogens with one attached hydrogen (secondary N) is 1. The average molecular weight is 469 g/mol.